The maximum atomic E-state index is 12.8. The van der Waals surface area contributed by atoms with Crippen molar-refractivity contribution in [2.75, 3.05) is 31.1 Å². The van der Waals surface area contributed by atoms with Crippen molar-refractivity contribution in [1.29, 1.82) is 0 Å². The molecule has 0 unspecified atom stereocenters. The highest BCUT2D eigenvalue weighted by Crippen LogP contribution is 2.31. The first-order chi connectivity index (χ1) is 13.2. The molecule has 6 nitrogen and oxygen atoms in total. The van der Waals surface area contributed by atoms with Gasteiger partial charge in [0.2, 0.25) is 0 Å². The van der Waals surface area contributed by atoms with Crippen LogP contribution in [0.4, 0.5) is 5.69 Å². The summed E-state index contributed by atoms with van der Waals surface area (Å²) >= 11 is 0. The number of aromatic amines is 1. The highest BCUT2D eigenvalue weighted by Gasteiger charge is 2.21. The number of para-hydroxylation sites is 1. The van der Waals surface area contributed by atoms with Gasteiger partial charge in [-0.25, -0.2) is 0 Å². The molecule has 0 aliphatic carbocycles. The van der Waals surface area contributed by atoms with Crippen LogP contribution in [0.15, 0.2) is 53.5 Å². The number of hydrogen-bond donors (Lipinski definition) is 2. The third kappa shape index (κ3) is 2.61. The molecule has 136 valence electrons. The summed E-state index contributed by atoms with van der Waals surface area (Å²) in [7, 11) is 0. The van der Waals surface area contributed by atoms with Crippen LogP contribution in [-0.2, 0) is 0 Å². The van der Waals surface area contributed by atoms with Gasteiger partial charge in [0.25, 0.3) is 5.56 Å². The number of nitrogens with zero attached hydrogens (tertiary/aromatic N) is 3. The van der Waals surface area contributed by atoms with E-state index in [1.54, 1.807) is 6.20 Å². The van der Waals surface area contributed by atoms with Crippen LogP contribution in [0.5, 0.6) is 0 Å². The minimum absolute atomic E-state index is 0.0989. The van der Waals surface area contributed by atoms with Gasteiger partial charge in [-0.1, -0.05) is 18.2 Å². The minimum atomic E-state index is -0.0989. The third-order valence-corrected chi connectivity index (χ3v) is 5.30. The van der Waals surface area contributed by atoms with Gasteiger partial charge in [-0.3, -0.25) is 4.79 Å². The Morgan fingerprint density at radius 3 is 2.63 bits per heavy atom. The summed E-state index contributed by atoms with van der Waals surface area (Å²) < 4.78 is 1.48. The molecule has 0 saturated carbocycles. The molecule has 0 spiro atoms. The first kappa shape index (κ1) is 16.1. The van der Waals surface area contributed by atoms with Gasteiger partial charge in [-0.2, -0.15) is 9.78 Å². The van der Waals surface area contributed by atoms with Crippen LogP contribution in [0.25, 0.3) is 27.8 Å². The van der Waals surface area contributed by atoms with Crippen molar-refractivity contribution < 1.29 is 0 Å². The Hall–Kier alpha value is -3.12. The van der Waals surface area contributed by atoms with Gasteiger partial charge in [0.15, 0.2) is 0 Å². The predicted molar refractivity (Wildman–Crippen MR) is 108 cm³/mol. The van der Waals surface area contributed by atoms with E-state index in [-0.39, 0.29) is 5.56 Å². The highest BCUT2D eigenvalue weighted by atomic mass is 16.1. The van der Waals surface area contributed by atoms with Crippen molar-refractivity contribution in [2.24, 2.45) is 0 Å². The van der Waals surface area contributed by atoms with Gasteiger partial charge < -0.3 is 15.2 Å². The van der Waals surface area contributed by atoms with Crippen LogP contribution in [-0.4, -0.2) is 40.9 Å². The van der Waals surface area contributed by atoms with E-state index in [9.17, 15) is 4.79 Å². The van der Waals surface area contributed by atoms with Gasteiger partial charge in [0.1, 0.15) is 5.69 Å². The van der Waals surface area contributed by atoms with Crippen molar-refractivity contribution >= 4 is 16.6 Å². The molecule has 0 amide bonds. The molecule has 0 atom stereocenters. The molecule has 0 bridgehead atoms. The number of nitrogens with one attached hydrogen (secondary N) is 2. The van der Waals surface area contributed by atoms with E-state index < -0.39 is 0 Å². The molecule has 3 aliphatic heterocycles. The topological polar surface area (TPSA) is 66.0 Å². The first-order valence-electron chi connectivity index (χ1n) is 9.28. The SMILES string of the molecule is Cc1cc2c3nn(-c4ccccc4)c(=O)c-3c[nH]c2cc1N1CCNCC1. The average molecular weight is 359 g/mol. The van der Waals surface area contributed by atoms with Crippen LogP contribution < -0.4 is 15.8 Å². The summed E-state index contributed by atoms with van der Waals surface area (Å²) in [6.07, 6.45) is 1.78. The van der Waals surface area contributed by atoms with Crippen molar-refractivity contribution in [3.63, 3.8) is 0 Å². The lowest BCUT2D eigenvalue weighted by molar-refractivity contribution is 0.588. The maximum Gasteiger partial charge on any atom is 0.282 e. The van der Waals surface area contributed by atoms with Gasteiger partial charge >= 0.3 is 0 Å². The van der Waals surface area contributed by atoms with E-state index >= 15 is 0 Å². The van der Waals surface area contributed by atoms with Crippen LogP contribution >= 0.6 is 0 Å². The normalized spacial score (nSPS) is 14.9. The summed E-state index contributed by atoms with van der Waals surface area (Å²) in [5, 5.41) is 9.03. The molecule has 0 radical (unpaired) electrons. The molecule has 3 heterocycles. The Labute approximate surface area is 156 Å². The molecular formula is C21H21N5O. The number of benzene rings is 2. The number of aryl methyl sites for hydroxylation is 1. The second-order valence-corrected chi connectivity index (χ2v) is 7.02. The van der Waals surface area contributed by atoms with Crippen LogP contribution in [0.3, 0.4) is 0 Å². The number of hydrogen-bond acceptors (Lipinski definition) is 4. The number of H-pyrrole nitrogens is 1. The van der Waals surface area contributed by atoms with E-state index in [4.69, 9.17) is 0 Å². The highest BCUT2D eigenvalue weighted by molar-refractivity contribution is 5.96. The van der Waals surface area contributed by atoms with E-state index in [1.165, 1.54) is 15.9 Å². The molecule has 2 aromatic rings. The summed E-state index contributed by atoms with van der Waals surface area (Å²) in [5.41, 5.74) is 5.48. The fourth-order valence-electron chi connectivity index (χ4n) is 3.90. The standard InChI is InChI=1S/C21H21N5O/c1-14-11-16-18(12-19(14)25-9-7-22-8-10-25)23-13-17-20(16)24-26(21(17)27)15-5-3-2-4-6-15/h2-6,11-13,22-23H,7-10H2,1H3. The molecule has 1 fully saturated rings. The third-order valence-electron chi connectivity index (χ3n) is 5.30. The van der Waals surface area contributed by atoms with E-state index in [0.29, 0.717) is 5.56 Å². The quantitative estimate of drug-likeness (QED) is 0.577. The number of pyridine rings is 1. The smallest absolute Gasteiger partial charge is 0.282 e. The van der Waals surface area contributed by atoms with Crippen molar-refractivity contribution in [2.45, 2.75) is 6.92 Å². The molecule has 5 rings (SSSR count). The minimum Gasteiger partial charge on any atom is -0.369 e. The largest absolute Gasteiger partial charge is 0.369 e. The lowest BCUT2D eigenvalue weighted by Gasteiger charge is -2.31. The van der Waals surface area contributed by atoms with Crippen LogP contribution in [0.1, 0.15) is 5.56 Å². The van der Waals surface area contributed by atoms with Crippen molar-refractivity contribution in [3.8, 4) is 16.9 Å². The summed E-state index contributed by atoms with van der Waals surface area (Å²) in [4.78, 5) is 18.6. The van der Waals surface area contributed by atoms with Gasteiger partial charge in [0, 0.05) is 49.0 Å². The van der Waals surface area contributed by atoms with Gasteiger partial charge in [-0.15, -0.1) is 0 Å². The number of piperazine rings is 1. The molecule has 0 aromatic heterocycles. The zero-order chi connectivity index (χ0) is 18.4. The summed E-state index contributed by atoms with van der Waals surface area (Å²) in [6.45, 7) is 6.13. The van der Waals surface area contributed by atoms with Crippen LogP contribution in [0.2, 0.25) is 0 Å². The zero-order valence-corrected chi connectivity index (χ0v) is 15.2. The Kier molecular flexibility index (Phi) is 3.72. The van der Waals surface area contributed by atoms with Gasteiger partial charge in [-0.05, 0) is 36.8 Å². The molecule has 2 aromatic carbocycles. The van der Waals surface area contributed by atoms with E-state index in [0.717, 1.165) is 48.5 Å². The Balaban J connectivity index is 1.70. The Morgan fingerprint density at radius 1 is 1.07 bits per heavy atom. The lowest BCUT2D eigenvalue weighted by Crippen LogP contribution is -2.43. The lowest BCUT2D eigenvalue weighted by atomic mass is 10.0. The molecule has 3 aliphatic rings. The number of fused-ring (bicyclic) bond motifs is 3. The second-order valence-electron chi connectivity index (χ2n) is 7.02. The monoisotopic (exact) mass is 359 g/mol. The fourth-order valence-corrected chi connectivity index (χ4v) is 3.90. The van der Waals surface area contributed by atoms with E-state index in [1.807, 2.05) is 30.3 Å². The molecule has 27 heavy (non-hydrogen) atoms. The number of rotatable bonds is 2. The maximum absolute atomic E-state index is 12.8. The number of anilines is 1. The summed E-state index contributed by atoms with van der Waals surface area (Å²) in [6, 6.07) is 13.9. The van der Waals surface area contributed by atoms with Crippen molar-refractivity contribution in [3.05, 3.63) is 64.6 Å². The van der Waals surface area contributed by atoms with Crippen LogP contribution in [0, 0.1) is 6.92 Å². The fraction of sp³-hybridized carbons (Fsp3) is 0.238. The second kappa shape index (κ2) is 6.25. The molecule has 1 saturated heterocycles. The Bertz CT molecular complexity index is 1140. The Morgan fingerprint density at radius 2 is 1.85 bits per heavy atom. The predicted octanol–water partition coefficient (Wildman–Crippen LogP) is 2.54. The van der Waals surface area contributed by atoms with Gasteiger partial charge in [0.05, 0.1) is 11.3 Å². The average Bonchev–Trinajstić information content (AvgIpc) is 3.06. The molecule has 6 heteroatoms. The summed E-state index contributed by atoms with van der Waals surface area (Å²) in [5.74, 6) is 0. The molecular weight excluding hydrogens is 338 g/mol. The van der Waals surface area contributed by atoms with E-state index in [2.05, 4.69) is 39.4 Å². The first-order valence-corrected chi connectivity index (χ1v) is 9.28. The molecule has 2 N–H and O–H groups in total. The number of aromatic nitrogens is 3. The van der Waals surface area contributed by atoms with Crippen molar-refractivity contribution in [1.82, 2.24) is 20.1 Å². The zero-order valence-electron chi connectivity index (χ0n) is 15.2.